The van der Waals surface area contributed by atoms with Gasteiger partial charge in [0.05, 0.1) is 24.5 Å². The molecular formula is C29H30N4O2. The zero-order valence-electron chi connectivity index (χ0n) is 20.1. The van der Waals surface area contributed by atoms with E-state index in [-0.39, 0.29) is 0 Å². The molecule has 0 radical (unpaired) electrons. The van der Waals surface area contributed by atoms with Crippen LogP contribution in [0, 0.1) is 6.92 Å². The van der Waals surface area contributed by atoms with Crippen molar-refractivity contribution >= 4 is 0 Å². The Balaban J connectivity index is 1.20. The smallest absolute Gasteiger partial charge is 0.226 e. The second kappa shape index (κ2) is 10.5. The maximum Gasteiger partial charge on any atom is 0.226 e. The van der Waals surface area contributed by atoms with Gasteiger partial charge in [0.2, 0.25) is 5.89 Å². The summed E-state index contributed by atoms with van der Waals surface area (Å²) in [6, 6.07) is 28.7. The number of oxazole rings is 1. The SMILES string of the molecule is CC1=C(Cc2cccc(OCCc3nc(-c4ccccc4)oc3C)c2)N(Cc2ccccc2)NN1. The second-order valence-electron chi connectivity index (χ2n) is 8.69. The Labute approximate surface area is 206 Å². The molecule has 3 aromatic carbocycles. The minimum absolute atomic E-state index is 0.538. The zero-order chi connectivity index (χ0) is 24.0. The number of ether oxygens (including phenoxy) is 1. The van der Waals surface area contributed by atoms with Gasteiger partial charge >= 0.3 is 0 Å². The fraction of sp³-hybridized carbons (Fsp3) is 0.207. The molecule has 1 aliphatic heterocycles. The minimum Gasteiger partial charge on any atom is -0.493 e. The van der Waals surface area contributed by atoms with Gasteiger partial charge in [-0.15, -0.1) is 5.53 Å². The van der Waals surface area contributed by atoms with E-state index in [1.165, 1.54) is 16.8 Å². The van der Waals surface area contributed by atoms with Crippen molar-refractivity contribution in [2.24, 2.45) is 0 Å². The predicted molar refractivity (Wildman–Crippen MR) is 137 cm³/mol. The van der Waals surface area contributed by atoms with E-state index < -0.39 is 0 Å². The van der Waals surface area contributed by atoms with Gasteiger partial charge in [-0.2, -0.15) is 0 Å². The Bertz CT molecular complexity index is 1300. The van der Waals surface area contributed by atoms with Crippen LogP contribution in [0.3, 0.4) is 0 Å². The highest BCUT2D eigenvalue weighted by atomic mass is 16.5. The van der Waals surface area contributed by atoms with Crippen molar-refractivity contribution in [3.8, 4) is 17.2 Å². The van der Waals surface area contributed by atoms with Crippen LogP contribution in [0.1, 0.15) is 29.5 Å². The Morgan fingerprint density at radius 3 is 2.43 bits per heavy atom. The van der Waals surface area contributed by atoms with Gasteiger partial charge in [-0.05, 0) is 49.2 Å². The number of benzene rings is 3. The summed E-state index contributed by atoms with van der Waals surface area (Å²) in [5.74, 6) is 2.35. The van der Waals surface area contributed by atoms with E-state index in [9.17, 15) is 0 Å². The fourth-order valence-electron chi connectivity index (χ4n) is 4.19. The van der Waals surface area contributed by atoms with E-state index in [1.54, 1.807) is 0 Å². The lowest BCUT2D eigenvalue weighted by Gasteiger charge is -2.21. The second-order valence-corrected chi connectivity index (χ2v) is 8.69. The fourth-order valence-corrected chi connectivity index (χ4v) is 4.19. The first-order valence-corrected chi connectivity index (χ1v) is 11.9. The number of aryl methyl sites for hydroxylation is 1. The lowest BCUT2D eigenvalue weighted by molar-refractivity contribution is 0.238. The number of nitrogens with one attached hydrogen (secondary N) is 2. The molecule has 0 bridgehead atoms. The van der Waals surface area contributed by atoms with Crippen LogP contribution in [0.4, 0.5) is 0 Å². The highest BCUT2D eigenvalue weighted by Gasteiger charge is 2.20. The summed E-state index contributed by atoms with van der Waals surface area (Å²) < 4.78 is 12.0. The first-order valence-electron chi connectivity index (χ1n) is 11.9. The predicted octanol–water partition coefficient (Wildman–Crippen LogP) is 5.57. The molecule has 0 saturated heterocycles. The summed E-state index contributed by atoms with van der Waals surface area (Å²) in [6.45, 7) is 5.38. The molecule has 35 heavy (non-hydrogen) atoms. The van der Waals surface area contributed by atoms with E-state index in [0.717, 1.165) is 41.4 Å². The highest BCUT2D eigenvalue weighted by Crippen LogP contribution is 2.24. The van der Waals surface area contributed by atoms with E-state index in [2.05, 4.69) is 64.3 Å². The largest absolute Gasteiger partial charge is 0.493 e. The molecule has 1 aromatic heterocycles. The van der Waals surface area contributed by atoms with E-state index >= 15 is 0 Å². The third-order valence-corrected chi connectivity index (χ3v) is 6.11. The molecule has 2 N–H and O–H groups in total. The van der Waals surface area contributed by atoms with Crippen LogP contribution < -0.4 is 15.7 Å². The van der Waals surface area contributed by atoms with Crippen molar-refractivity contribution in [2.75, 3.05) is 6.61 Å². The Kier molecular flexibility index (Phi) is 6.82. The van der Waals surface area contributed by atoms with E-state index in [0.29, 0.717) is 18.9 Å². The number of hydrazine groups is 2. The highest BCUT2D eigenvalue weighted by molar-refractivity contribution is 5.53. The standard InChI is InChI=1S/C29H30N4O2/c1-21-28(33(32-31-21)20-23-10-5-3-6-11-23)19-24-12-9-15-26(18-24)34-17-16-27-22(2)35-29(30-27)25-13-7-4-8-14-25/h3-15,18,31-32H,16-17,19-20H2,1-2H3. The molecule has 1 aliphatic rings. The normalized spacial score (nSPS) is 13.3. The van der Waals surface area contributed by atoms with Gasteiger partial charge in [0.25, 0.3) is 0 Å². The van der Waals surface area contributed by atoms with E-state index in [1.807, 2.05) is 55.5 Å². The molecule has 0 amide bonds. The summed E-state index contributed by atoms with van der Waals surface area (Å²) in [4.78, 5) is 4.68. The van der Waals surface area contributed by atoms with Gasteiger partial charge in [0.15, 0.2) is 0 Å². The summed E-state index contributed by atoms with van der Waals surface area (Å²) in [5, 5.41) is 2.16. The number of aromatic nitrogens is 1. The Morgan fingerprint density at radius 1 is 0.886 bits per heavy atom. The van der Waals surface area contributed by atoms with Crippen LogP contribution >= 0.6 is 0 Å². The average Bonchev–Trinajstić information content (AvgIpc) is 3.43. The summed E-state index contributed by atoms with van der Waals surface area (Å²) >= 11 is 0. The quantitative estimate of drug-likeness (QED) is 0.336. The topological polar surface area (TPSA) is 62.6 Å². The number of rotatable bonds is 9. The van der Waals surface area contributed by atoms with Crippen LogP contribution in [0.15, 0.2) is 101 Å². The third kappa shape index (κ3) is 5.55. The first kappa shape index (κ1) is 22.7. The molecular weight excluding hydrogens is 436 g/mol. The van der Waals surface area contributed by atoms with Gasteiger partial charge in [-0.1, -0.05) is 60.7 Å². The zero-order valence-corrected chi connectivity index (χ0v) is 20.1. The molecule has 0 unspecified atom stereocenters. The van der Waals surface area contributed by atoms with Gasteiger partial charge in [-0.25, -0.2) is 4.98 Å². The minimum atomic E-state index is 0.538. The van der Waals surface area contributed by atoms with Gasteiger partial charge < -0.3 is 14.6 Å². The van der Waals surface area contributed by atoms with Crippen LogP contribution in [0.25, 0.3) is 11.5 Å². The summed E-state index contributed by atoms with van der Waals surface area (Å²) in [7, 11) is 0. The van der Waals surface area contributed by atoms with Crippen LogP contribution in [0.2, 0.25) is 0 Å². The van der Waals surface area contributed by atoms with Crippen molar-refractivity contribution < 1.29 is 9.15 Å². The average molecular weight is 467 g/mol. The monoisotopic (exact) mass is 466 g/mol. The first-order chi connectivity index (χ1) is 17.2. The Hall–Kier alpha value is -4.03. The van der Waals surface area contributed by atoms with Gasteiger partial charge in [-0.3, -0.25) is 5.01 Å². The molecule has 0 atom stereocenters. The lowest BCUT2D eigenvalue weighted by Crippen LogP contribution is -2.37. The lowest BCUT2D eigenvalue weighted by atomic mass is 10.1. The van der Waals surface area contributed by atoms with Crippen molar-refractivity contribution in [2.45, 2.75) is 33.2 Å². The van der Waals surface area contributed by atoms with Crippen molar-refractivity contribution in [3.63, 3.8) is 0 Å². The molecule has 0 saturated carbocycles. The van der Waals surface area contributed by atoms with E-state index in [4.69, 9.17) is 9.15 Å². The van der Waals surface area contributed by atoms with Crippen molar-refractivity contribution in [1.82, 2.24) is 21.0 Å². The number of allylic oxidation sites excluding steroid dienone is 2. The molecule has 6 nitrogen and oxygen atoms in total. The van der Waals surface area contributed by atoms with Crippen LogP contribution in [-0.4, -0.2) is 16.6 Å². The van der Waals surface area contributed by atoms with Gasteiger partial charge in [0.1, 0.15) is 11.5 Å². The van der Waals surface area contributed by atoms with Crippen LogP contribution in [-0.2, 0) is 19.4 Å². The molecule has 0 fully saturated rings. The third-order valence-electron chi connectivity index (χ3n) is 6.11. The molecule has 0 spiro atoms. The van der Waals surface area contributed by atoms with Crippen molar-refractivity contribution in [3.05, 3.63) is 119 Å². The summed E-state index contributed by atoms with van der Waals surface area (Å²) in [5.41, 5.74) is 13.2. The molecule has 2 heterocycles. The molecule has 178 valence electrons. The summed E-state index contributed by atoms with van der Waals surface area (Å²) in [6.07, 6.45) is 1.49. The molecule has 0 aliphatic carbocycles. The molecule has 5 rings (SSSR count). The number of hydrogen-bond donors (Lipinski definition) is 2. The number of hydrogen-bond acceptors (Lipinski definition) is 6. The molecule has 4 aromatic rings. The Morgan fingerprint density at radius 2 is 1.63 bits per heavy atom. The number of nitrogens with zero attached hydrogens (tertiary/aromatic N) is 2. The van der Waals surface area contributed by atoms with Crippen molar-refractivity contribution in [1.29, 1.82) is 0 Å². The molecule has 6 heteroatoms. The van der Waals surface area contributed by atoms with Crippen LogP contribution in [0.5, 0.6) is 5.75 Å². The maximum absolute atomic E-state index is 6.09. The maximum atomic E-state index is 6.09. The van der Waals surface area contributed by atoms with Gasteiger partial charge in [0, 0.05) is 24.1 Å².